The van der Waals surface area contributed by atoms with Gasteiger partial charge in [0.25, 0.3) is 17.7 Å². The Morgan fingerprint density at radius 1 is 0.929 bits per heavy atom. The Morgan fingerprint density at radius 2 is 1.64 bits per heavy atom. The van der Waals surface area contributed by atoms with Crippen molar-refractivity contribution in [1.29, 1.82) is 0 Å². The maximum absolute atomic E-state index is 12.3. The van der Waals surface area contributed by atoms with E-state index in [1.165, 1.54) is 34.6 Å². The van der Waals surface area contributed by atoms with Gasteiger partial charge in [-0.2, -0.15) is 0 Å². The van der Waals surface area contributed by atoms with Gasteiger partial charge >= 0.3 is 0 Å². The second kappa shape index (κ2) is 9.50. The molecule has 3 amide bonds. The number of carbonyl (C=O) groups is 3. The lowest BCUT2D eigenvalue weighted by molar-refractivity contribution is -0.120. The van der Waals surface area contributed by atoms with Crippen molar-refractivity contribution in [2.45, 2.75) is 45.4 Å². The minimum Gasteiger partial charge on any atom is -0.343 e. The van der Waals surface area contributed by atoms with Gasteiger partial charge in [-0.05, 0) is 56.4 Å². The van der Waals surface area contributed by atoms with Crippen molar-refractivity contribution in [3.63, 3.8) is 0 Å². The molecule has 3 N–H and O–H groups in total. The van der Waals surface area contributed by atoms with E-state index in [1.807, 2.05) is 25.1 Å². The van der Waals surface area contributed by atoms with E-state index < -0.39 is 5.91 Å². The number of carbonyl (C=O) groups excluding carboxylic acids is 3. The summed E-state index contributed by atoms with van der Waals surface area (Å²) in [6.45, 7) is 1.72. The van der Waals surface area contributed by atoms with E-state index in [0.29, 0.717) is 10.4 Å². The number of thiophene rings is 1. The topological polar surface area (TPSA) is 87.3 Å². The van der Waals surface area contributed by atoms with E-state index in [-0.39, 0.29) is 18.4 Å². The van der Waals surface area contributed by atoms with E-state index in [0.717, 1.165) is 31.2 Å². The molecule has 0 spiro atoms. The van der Waals surface area contributed by atoms with E-state index in [9.17, 15) is 14.4 Å². The number of benzene rings is 1. The van der Waals surface area contributed by atoms with Crippen LogP contribution in [0.4, 0.5) is 0 Å². The van der Waals surface area contributed by atoms with Crippen LogP contribution in [0.3, 0.4) is 0 Å². The van der Waals surface area contributed by atoms with Gasteiger partial charge in [0.15, 0.2) is 0 Å². The van der Waals surface area contributed by atoms with Crippen LogP contribution in [0.25, 0.3) is 0 Å². The van der Waals surface area contributed by atoms with Crippen LogP contribution in [0.2, 0.25) is 0 Å². The first-order valence-electron chi connectivity index (χ1n) is 9.58. The average Bonchev–Trinajstić information content (AvgIpc) is 3.06. The number of aryl methyl sites for hydroxylation is 3. The van der Waals surface area contributed by atoms with Gasteiger partial charge in [0.05, 0.1) is 11.4 Å². The number of hydrogen-bond acceptors (Lipinski definition) is 4. The molecule has 0 fully saturated rings. The van der Waals surface area contributed by atoms with Gasteiger partial charge in [-0.25, -0.2) is 0 Å². The van der Waals surface area contributed by atoms with E-state index in [4.69, 9.17) is 0 Å². The molecule has 0 saturated carbocycles. The lowest BCUT2D eigenvalue weighted by Crippen LogP contribution is -2.46. The molecule has 0 radical (unpaired) electrons. The highest BCUT2D eigenvalue weighted by molar-refractivity contribution is 7.14. The zero-order valence-corrected chi connectivity index (χ0v) is 16.8. The van der Waals surface area contributed by atoms with Crippen molar-refractivity contribution in [3.8, 4) is 0 Å². The summed E-state index contributed by atoms with van der Waals surface area (Å²) in [5.41, 5.74) is 7.58. The smallest absolute Gasteiger partial charge is 0.279 e. The van der Waals surface area contributed by atoms with Crippen molar-refractivity contribution in [3.05, 3.63) is 56.8 Å². The number of rotatable bonds is 4. The van der Waals surface area contributed by atoms with Crippen LogP contribution >= 0.6 is 11.3 Å². The first-order chi connectivity index (χ1) is 13.5. The number of amides is 3. The number of fused-ring (bicyclic) bond motifs is 1. The Bertz CT molecular complexity index is 833. The van der Waals surface area contributed by atoms with Crippen molar-refractivity contribution < 1.29 is 14.4 Å². The zero-order valence-electron chi connectivity index (χ0n) is 16.0. The summed E-state index contributed by atoms with van der Waals surface area (Å²) in [5.74, 6) is -1.14. The molecular formula is C21H25N3O3S. The lowest BCUT2D eigenvalue weighted by atomic mass is 10.00. The lowest BCUT2D eigenvalue weighted by Gasteiger charge is -2.08. The van der Waals surface area contributed by atoms with Crippen LogP contribution < -0.4 is 16.2 Å². The fraction of sp³-hybridized carbons (Fsp3) is 0.381. The average molecular weight is 400 g/mol. The molecule has 6 nitrogen and oxygen atoms in total. The predicted octanol–water partition coefficient (Wildman–Crippen LogP) is 2.91. The minimum atomic E-state index is -0.483. The molecule has 28 heavy (non-hydrogen) atoms. The summed E-state index contributed by atoms with van der Waals surface area (Å²) in [6.07, 6.45) is 6.82. The largest absolute Gasteiger partial charge is 0.343 e. The van der Waals surface area contributed by atoms with Crippen LogP contribution in [0.5, 0.6) is 0 Å². The number of hydrazine groups is 1. The van der Waals surface area contributed by atoms with Gasteiger partial charge in [0.2, 0.25) is 0 Å². The molecule has 1 aromatic carbocycles. The van der Waals surface area contributed by atoms with Crippen molar-refractivity contribution in [2.24, 2.45) is 0 Å². The Balaban J connectivity index is 1.46. The normalized spacial score (nSPS) is 13.6. The number of hydrogen-bond donors (Lipinski definition) is 3. The summed E-state index contributed by atoms with van der Waals surface area (Å²) in [5, 5.41) is 2.54. The molecular weight excluding hydrogens is 374 g/mol. The first kappa shape index (κ1) is 20.1. The highest BCUT2D eigenvalue weighted by atomic mass is 32.1. The van der Waals surface area contributed by atoms with Gasteiger partial charge in [0, 0.05) is 10.4 Å². The monoisotopic (exact) mass is 399 g/mol. The molecule has 148 valence electrons. The van der Waals surface area contributed by atoms with Crippen LogP contribution in [0.15, 0.2) is 30.3 Å². The molecule has 0 unspecified atom stereocenters. The molecule has 1 aliphatic rings. The molecule has 1 aliphatic carbocycles. The highest BCUT2D eigenvalue weighted by Gasteiger charge is 2.16. The summed E-state index contributed by atoms with van der Waals surface area (Å²) >= 11 is 1.50. The third-order valence-electron chi connectivity index (χ3n) is 4.76. The molecule has 1 aromatic heterocycles. The van der Waals surface area contributed by atoms with Crippen molar-refractivity contribution in [2.75, 3.05) is 6.54 Å². The van der Waals surface area contributed by atoms with Crippen LogP contribution in [-0.4, -0.2) is 24.3 Å². The Labute approximate surface area is 168 Å². The third-order valence-corrected chi connectivity index (χ3v) is 5.99. The van der Waals surface area contributed by atoms with Crippen molar-refractivity contribution >= 4 is 29.1 Å². The molecule has 1 heterocycles. The Hall–Kier alpha value is -2.67. The molecule has 7 heteroatoms. The SMILES string of the molecule is Cc1ccc(C(=O)NCC(=O)NNC(=O)c2cc3c(s2)CCCCCC3)cc1. The van der Waals surface area contributed by atoms with Crippen molar-refractivity contribution in [1.82, 2.24) is 16.2 Å². The van der Waals surface area contributed by atoms with Gasteiger partial charge in [-0.3, -0.25) is 25.2 Å². The first-order valence-corrected chi connectivity index (χ1v) is 10.4. The minimum absolute atomic E-state index is 0.214. The molecule has 0 atom stereocenters. The van der Waals surface area contributed by atoms with Gasteiger partial charge in [0.1, 0.15) is 0 Å². The summed E-state index contributed by atoms with van der Waals surface area (Å²) in [4.78, 5) is 38.1. The molecule has 0 saturated heterocycles. The maximum Gasteiger partial charge on any atom is 0.279 e. The molecule has 0 bridgehead atoms. The molecule has 2 aromatic rings. The Kier molecular flexibility index (Phi) is 6.81. The maximum atomic E-state index is 12.3. The third kappa shape index (κ3) is 5.42. The second-order valence-corrected chi connectivity index (χ2v) is 8.16. The second-order valence-electron chi connectivity index (χ2n) is 7.02. The van der Waals surface area contributed by atoms with E-state index >= 15 is 0 Å². The van der Waals surface area contributed by atoms with Crippen LogP contribution in [-0.2, 0) is 17.6 Å². The van der Waals surface area contributed by atoms with Gasteiger partial charge in [-0.1, -0.05) is 30.5 Å². The fourth-order valence-electron chi connectivity index (χ4n) is 3.16. The van der Waals surface area contributed by atoms with E-state index in [2.05, 4.69) is 16.2 Å². The zero-order chi connectivity index (χ0) is 19.9. The summed E-state index contributed by atoms with van der Waals surface area (Å²) in [6, 6.07) is 9.01. The van der Waals surface area contributed by atoms with Gasteiger partial charge < -0.3 is 5.32 Å². The van der Waals surface area contributed by atoms with Gasteiger partial charge in [-0.15, -0.1) is 11.3 Å². The van der Waals surface area contributed by atoms with Crippen LogP contribution in [0.1, 0.15) is 61.7 Å². The molecule has 3 rings (SSSR count). The highest BCUT2D eigenvalue weighted by Crippen LogP contribution is 2.28. The number of nitrogens with one attached hydrogen (secondary N) is 3. The standard InChI is InChI=1S/C21H25N3O3S/c1-14-8-10-15(11-9-14)20(26)22-13-19(25)23-24-21(27)18-12-16-6-4-2-3-5-7-17(16)28-18/h8-12H,2-7,13H2,1H3,(H,22,26)(H,23,25)(H,24,27). The van der Waals surface area contributed by atoms with E-state index in [1.54, 1.807) is 12.1 Å². The quantitative estimate of drug-likeness (QED) is 0.691. The molecule has 0 aliphatic heterocycles. The predicted molar refractivity (Wildman–Crippen MR) is 109 cm³/mol. The van der Waals surface area contributed by atoms with Crippen LogP contribution in [0, 0.1) is 6.92 Å². The summed E-state index contributed by atoms with van der Waals surface area (Å²) < 4.78 is 0. The Morgan fingerprint density at radius 3 is 2.39 bits per heavy atom. The fourth-order valence-corrected chi connectivity index (χ4v) is 4.30. The summed E-state index contributed by atoms with van der Waals surface area (Å²) in [7, 11) is 0.